The molecule has 0 aliphatic heterocycles. The number of hydrogen-bond acceptors (Lipinski definition) is 3. The van der Waals surface area contributed by atoms with Gasteiger partial charge in [0.15, 0.2) is 0 Å². The summed E-state index contributed by atoms with van der Waals surface area (Å²) >= 11 is 0. The van der Waals surface area contributed by atoms with Gasteiger partial charge in [-0.1, -0.05) is 25.5 Å². The van der Waals surface area contributed by atoms with Gasteiger partial charge in [-0.3, -0.25) is 4.79 Å². The molecule has 0 unspecified atom stereocenters. The Balaban J connectivity index is 2.60. The molecule has 0 amide bonds. The van der Waals surface area contributed by atoms with Crippen LogP contribution in [-0.2, 0) is 14.3 Å². The summed E-state index contributed by atoms with van der Waals surface area (Å²) in [4.78, 5) is 12.2. The molecule has 1 aliphatic carbocycles. The fourth-order valence-electron chi connectivity index (χ4n) is 2.66. The van der Waals surface area contributed by atoms with E-state index in [1.165, 1.54) is 0 Å². The lowest BCUT2D eigenvalue weighted by molar-refractivity contribution is -0.160. The van der Waals surface area contributed by atoms with Gasteiger partial charge in [0.05, 0.1) is 12.0 Å². The van der Waals surface area contributed by atoms with E-state index in [2.05, 4.69) is 13.5 Å². The van der Waals surface area contributed by atoms with Crippen molar-refractivity contribution < 1.29 is 14.3 Å². The summed E-state index contributed by atoms with van der Waals surface area (Å²) in [6.07, 6.45) is 3.88. The van der Waals surface area contributed by atoms with Crippen molar-refractivity contribution >= 4 is 5.97 Å². The Bertz CT molecular complexity index is 341. The van der Waals surface area contributed by atoms with Gasteiger partial charge in [0.1, 0.15) is 5.60 Å². The molecule has 3 atom stereocenters. The van der Waals surface area contributed by atoms with Crippen LogP contribution < -0.4 is 0 Å². The van der Waals surface area contributed by atoms with E-state index in [0.717, 1.165) is 37.9 Å². The molecule has 0 bridgehead atoms. The van der Waals surface area contributed by atoms with Crippen LogP contribution in [0.1, 0.15) is 60.3 Å². The van der Waals surface area contributed by atoms with Crippen molar-refractivity contribution in [3.8, 4) is 0 Å². The van der Waals surface area contributed by atoms with E-state index in [1.54, 1.807) is 0 Å². The summed E-state index contributed by atoms with van der Waals surface area (Å²) in [6.45, 7) is 14.7. The lowest BCUT2D eigenvalue weighted by Gasteiger charge is -2.22. The predicted octanol–water partition coefficient (Wildman–Crippen LogP) is 4.12. The molecule has 116 valence electrons. The molecule has 0 N–H and O–H groups in total. The Morgan fingerprint density at radius 2 is 1.95 bits per heavy atom. The first-order valence-corrected chi connectivity index (χ1v) is 7.74. The minimum absolute atomic E-state index is 0.0532. The number of hydrogen-bond donors (Lipinski definition) is 0. The number of esters is 1. The molecule has 1 aliphatic rings. The third-order valence-electron chi connectivity index (χ3n) is 3.71. The van der Waals surface area contributed by atoms with Crippen LogP contribution >= 0.6 is 0 Å². The summed E-state index contributed by atoms with van der Waals surface area (Å²) in [6, 6.07) is 0. The summed E-state index contributed by atoms with van der Waals surface area (Å²) in [7, 11) is 0. The Hall–Kier alpha value is -0.830. The van der Waals surface area contributed by atoms with Crippen molar-refractivity contribution in [2.75, 3.05) is 6.61 Å². The zero-order chi connectivity index (χ0) is 15.3. The molecule has 20 heavy (non-hydrogen) atoms. The van der Waals surface area contributed by atoms with E-state index < -0.39 is 5.60 Å². The zero-order valence-electron chi connectivity index (χ0n) is 13.7. The van der Waals surface area contributed by atoms with Gasteiger partial charge >= 0.3 is 5.97 Å². The van der Waals surface area contributed by atoms with Gasteiger partial charge in [0, 0.05) is 12.5 Å². The van der Waals surface area contributed by atoms with Crippen LogP contribution in [0.2, 0.25) is 0 Å². The van der Waals surface area contributed by atoms with Crippen molar-refractivity contribution in [2.24, 2.45) is 11.8 Å². The van der Waals surface area contributed by atoms with Crippen LogP contribution in [0.15, 0.2) is 12.2 Å². The second-order valence-electron chi connectivity index (χ2n) is 6.92. The third-order valence-corrected chi connectivity index (χ3v) is 3.71. The number of rotatable bonds is 6. The van der Waals surface area contributed by atoms with Crippen molar-refractivity contribution in [1.29, 1.82) is 0 Å². The van der Waals surface area contributed by atoms with Gasteiger partial charge in [-0.25, -0.2) is 0 Å². The largest absolute Gasteiger partial charge is 0.460 e. The maximum Gasteiger partial charge on any atom is 0.309 e. The lowest BCUT2D eigenvalue weighted by atomic mass is 9.97. The van der Waals surface area contributed by atoms with Gasteiger partial charge in [-0.15, -0.1) is 0 Å². The average molecular weight is 282 g/mol. The molecule has 0 aromatic carbocycles. The highest BCUT2D eigenvalue weighted by atomic mass is 16.6. The molecular weight excluding hydrogens is 252 g/mol. The molecule has 3 nitrogen and oxygen atoms in total. The molecule has 1 fully saturated rings. The Kier molecular flexibility index (Phi) is 6.25. The van der Waals surface area contributed by atoms with Gasteiger partial charge < -0.3 is 9.47 Å². The highest BCUT2D eigenvalue weighted by molar-refractivity contribution is 5.73. The molecular formula is C17H30O3. The van der Waals surface area contributed by atoms with E-state index in [-0.39, 0.29) is 23.9 Å². The monoisotopic (exact) mass is 282 g/mol. The minimum atomic E-state index is -0.420. The number of ether oxygens (including phenoxy) is 2. The standard InChI is InChI=1S/C17H30O3/c1-7-8-9-19-15-11-13(10-14(15)12(2)3)16(18)20-17(4,5)6/h13-15H,2,7-11H2,1,3-6H3/t13-,14-,15+/m0/s1. The third kappa shape index (κ3) is 5.28. The molecule has 3 heteroatoms. The quantitative estimate of drug-likeness (QED) is 0.418. The molecule has 1 rings (SSSR count). The fourth-order valence-corrected chi connectivity index (χ4v) is 2.66. The number of carbonyl (C=O) groups excluding carboxylic acids is 1. The van der Waals surface area contributed by atoms with Gasteiger partial charge in [0.2, 0.25) is 0 Å². The first-order valence-electron chi connectivity index (χ1n) is 7.74. The number of carbonyl (C=O) groups is 1. The Labute approximate surface area is 123 Å². The molecule has 0 radical (unpaired) electrons. The zero-order valence-corrected chi connectivity index (χ0v) is 13.7. The summed E-state index contributed by atoms with van der Waals surface area (Å²) in [5.41, 5.74) is 0.689. The van der Waals surface area contributed by atoms with Crippen molar-refractivity contribution in [2.45, 2.75) is 72.0 Å². The van der Waals surface area contributed by atoms with E-state index in [4.69, 9.17) is 9.47 Å². The van der Waals surface area contributed by atoms with Gasteiger partial charge in [-0.2, -0.15) is 0 Å². The highest BCUT2D eigenvalue weighted by Gasteiger charge is 2.40. The highest BCUT2D eigenvalue weighted by Crippen LogP contribution is 2.38. The van der Waals surface area contributed by atoms with Crippen LogP contribution in [0.5, 0.6) is 0 Å². The summed E-state index contributed by atoms with van der Waals surface area (Å²) in [5, 5.41) is 0. The van der Waals surface area contributed by atoms with Crippen molar-refractivity contribution in [1.82, 2.24) is 0 Å². The molecule has 0 saturated heterocycles. The fraction of sp³-hybridized carbons (Fsp3) is 0.824. The average Bonchev–Trinajstić information content (AvgIpc) is 2.71. The minimum Gasteiger partial charge on any atom is -0.460 e. The SMILES string of the molecule is C=C(C)[C@@H]1C[C@H](C(=O)OC(C)(C)C)C[C@H]1OCCCC. The normalized spacial score (nSPS) is 26.6. The van der Waals surface area contributed by atoms with Crippen LogP contribution in [0.3, 0.4) is 0 Å². The second kappa shape index (κ2) is 7.26. The number of unbranched alkanes of at least 4 members (excludes halogenated alkanes) is 1. The topological polar surface area (TPSA) is 35.5 Å². The van der Waals surface area contributed by atoms with E-state index in [0.29, 0.717) is 0 Å². The molecule has 0 spiro atoms. The van der Waals surface area contributed by atoms with Gasteiger partial charge in [0.25, 0.3) is 0 Å². The molecule has 1 saturated carbocycles. The van der Waals surface area contributed by atoms with Crippen LogP contribution in [0.4, 0.5) is 0 Å². The summed E-state index contributed by atoms with van der Waals surface area (Å²) in [5.74, 6) is 0.136. The summed E-state index contributed by atoms with van der Waals surface area (Å²) < 4.78 is 11.5. The maximum atomic E-state index is 12.2. The first-order chi connectivity index (χ1) is 9.24. The van der Waals surface area contributed by atoms with E-state index in [1.807, 2.05) is 27.7 Å². The molecule has 0 heterocycles. The van der Waals surface area contributed by atoms with Crippen molar-refractivity contribution in [3.05, 3.63) is 12.2 Å². The van der Waals surface area contributed by atoms with E-state index >= 15 is 0 Å². The first kappa shape index (κ1) is 17.2. The van der Waals surface area contributed by atoms with Crippen LogP contribution in [0, 0.1) is 11.8 Å². The van der Waals surface area contributed by atoms with Crippen LogP contribution in [-0.4, -0.2) is 24.3 Å². The van der Waals surface area contributed by atoms with Gasteiger partial charge in [-0.05, 0) is 47.0 Å². The van der Waals surface area contributed by atoms with Crippen LogP contribution in [0.25, 0.3) is 0 Å². The predicted molar refractivity (Wildman–Crippen MR) is 81.5 cm³/mol. The lowest BCUT2D eigenvalue weighted by Crippen LogP contribution is -2.28. The Morgan fingerprint density at radius 3 is 2.45 bits per heavy atom. The maximum absolute atomic E-state index is 12.2. The molecule has 0 aromatic heterocycles. The second-order valence-corrected chi connectivity index (χ2v) is 6.92. The molecule has 0 aromatic rings. The Morgan fingerprint density at radius 1 is 1.30 bits per heavy atom. The van der Waals surface area contributed by atoms with E-state index in [9.17, 15) is 4.79 Å². The van der Waals surface area contributed by atoms with Crippen molar-refractivity contribution in [3.63, 3.8) is 0 Å². The smallest absolute Gasteiger partial charge is 0.309 e.